The van der Waals surface area contributed by atoms with Gasteiger partial charge in [-0.25, -0.2) is 0 Å². The summed E-state index contributed by atoms with van der Waals surface area (Å²) in [5.74, 6) is 2.65. The van der Waals surface area contributed by atoms with Crippen LogP contribution in [0.1, 0.15) is 6.42 Å². The lowest BCUT2D eigenvalue weighted by atomic mass is 10.2. The number of fused-ring (bicyclic) bond motifs is 1. The fraction of sp³-hybridized carbons (Fsp3) is 0.478. The van der Waals surface area contributed by atoms with Gasteiger partial charge >= 0.3 is 0 Å². The zero-order valence-corrected chi connectivity index (χ0v) is 17.2. The number of ether oxygens (including phenoxy) is 3. The SMILES string of the molecule is COc1ccccc1N1CCN(CCCNCC2COc3ccccc3O2)CC1. The molecule has 1 unspecified atom stereocenters. The maximum Gasteiger partial charge on any atom is 0.161 e. The van der Waals surface area contributed by atoms with E-state index >= 15 is 0 Å². The summed E-state index contributed by atoms with van der Waals surface area (Å²) in [5, 5.41) is 3.52. The molecule has 2 heterocycles. The van der Waals surface area contributed by atoms with E-state index in [1.807, 2.05) is 36.4 Å². The summed E-state index contributed by atoms with van der Waals surface area (Å²) >= 11 is 0. The Morgan fingerprint density at radius 1 is 1.00 bits per heavy atom. The molecule has 1 atom stereocenters. The Balaban J connectivity index is 1.11. The van der Waals surface area contributed by atoms with Crippen LogP contribution in [0.25, 0.3) is 0 Å². The highest BCUT2D eigenvalue weighted by molar-refractivity contribution is 5.58. The first kappa shape index (κ1) is 19.9. The Morgan fingerprint density at radius 2 is 1.76 bits per heavy atom. The average molecular weight is 398 g/mol. The smallest absolute Gasteiger partial charge is 0.161 e. The van der Waals surface area contributed by atoms with Crippen LogP contribution in [0.3, 0.4) is 0 Å². The highest BCUT2D eigenvalue weighted by atomic mass is 16.6. The van der Waals surface area contributed by atoms with Gasteiger partial charge in [0.1, 0.15) is 18.5 Å². The minimum Gasteiger partial charge on any atom is -0.495 e. The van der Waals surface area contributed by atoms with Crippen LogP contribution >= 0.6 is 0 Å². The molecule has 1 N–H and O–H groups in total. The first-order valence-electron chi connectivity index (χ1n) is 10.5. The molecule has 29 heavy (non-hydrogen) atoms. The number of anilines is 1. The number of nitrogens with one attached hydrogen (secondary N) is 1. The van der Waals surface area contributed by atoms with Crippen LogP contribution in [0.15, 0.2) is 48.5 Å². The van der Waals surface area contributed by atoms with E-state index in [0.29, 0.717) is 6.61 Å². The largest absolute Gasteiger partial charge is 0.495 e. The van der Waals surface area contributed by atoms with E-state index in [1.165, 1.54) is 5.69 Å². The van der Waals surface area contributed by atoms with Gasteiger partial charge in [0.15, 0.2) is 11.5 Å². The Hall–Kier alpha value is -2.44. The van der Waals surface area contributed by atoms with E-state index in [9.17, 15) is 0 Å². The topological polar surface area (TPSA) is 46.2 Å². The van der Waals surface area contributed by atoms with E-state index in [-0.39, 0.29) is 6.10 Å². The standard InChI is InChI=1S/C23H31N3O3/c1-27-21-8-3-2-7-20(21)26-15-13-25(14-16-26)12-6-11-24-17-19-18-28-22-9-4-5-10-23(22)29-19/h2-5,7-10,19,24H,6,11-18H2,1H3. The van der Waals surface area contributed by atoms with E-state index in [2.05, 4.69) is 27.2 Å². The van der Waals surface area contributed by atoms with Crippen LogP contribution in [0.5, 0.6) is 17.2 Å². The summed E-state index contributed by atoms with van der Waals surface area (Å²) in [4.78, 5) is 4.97. The summed E-state index contributed by atoms with van der Waals surface area (Å²) in [6.07, 6.45) is 1.22. The summed E-state index contributed by atoms with van der Waals surface area (Å²) < 4.78 is 17.3. The third-order valence-corrected chi connectivity index (χ3v) is 5.57. The predicted molar refractivity (Wildman–Crippen MR) is 115 cm³/mol. The van der Waals surface area contributed by atoms with Crippen molar-refractivity contribution >= 4 is 5.69 Å². The van der Waals surface area contributed by atoms with Crippen molar-refractivity contribution in [2.45, 2.75) is 12.5 Å². The molecule has 2 aromatic carbocycles. The van der Waals surface area contributed by atoms with Crippen molar-refractivity contribution in [2.24, 2.45) is 0 Å². The molecule has 0 spiro atoms. The molecule has 4 rings (SSSR count). The van der Waals surface area contributed by atoms with Crippen molar-refractivity contribution in [1.82, 2.24) is 10.2 Å². The second kappa shape index (κ2) is 9.85. The lowest BCUT2D eigenvalue weighted by Gasteiger charge is -2.36. The monoisotopic (exact) mass is 397 g/mol. The van der Waals surface area contributed by atoms with Crippen LogP contribution in [-0.2, 0) is 0 Å². The van der Waals surface area contributed by atoms with Gasteiger partial charge in [-0.2, -0.15) is 0 Å². The number of rotatable bonds is 8. The van der Waals surface area contributed by atoms with E-state index < -0.39 is 0 Å². The summed E-state index contributed by atoms with van der Waals surface area (Å²) in [7, 11) is 1.74. The Bertz CT molecular complexity index is 777. The molecule has 2 aliphatic heterocycles. The maximum atomic E-state index is 5.99. The number of piperazine rings is 1. The quantitative estimate of drug-likeness (QED) is 0.691. The van der Waals surface area contributed by atoms with Gasteiger partial charge in [-0.3, -0.25) is 4.90 Å². The van der Waals surface area contributed by atoms with E-state index in [4.69, 9.17) is 14.2 Å². The minimum atomic E-state index is 0.0781. The molecule has 0 saturated carbocycles. The van der Waals surface area contributed by atoms with Crippen molar-refractivity contribution < 1.29 is 14.2 Å². The summed E-state index contributed by atoms with van der Waals surface area (Å²) in [6, 6.07) is 16.1. The molecule has 2 aromatic rings. The van der Waals surface area contributed by atoms with Gasteiger partial charge in [0.25, 0.3) is 0 Å². The lowest BCUT2D eigenvalue weighted by Crippen LogP contribution is -2.47. The first-order chi connectivity index (χ1) is 14.3. The number of hydrogen-bond acceptors (Lipinski definition) is 6. The van der Waals surface area contributed by atoms with Crippen molar-refractivity contribution in [2.75, 3.05) is 64.4 Å². The van der Waals surface area contributed by atoms with Crippen molar-refractivity contribution in [3.05, 3.63) is 48.5 Å². The Morgan fingerprint density at radius 3 is 2.59 bits per heavy atom. The van der Waals surface area contributed by atoms with Gasteiger partial charge in [-0.15, -0.1) is 0 Å². The van der Waals surface area contributed by atoms with E-state index in [1.54, 1.807) is 7.11 Å². The van der Waals surface area contributed by atoms with Gasteiger partial charge in [-0.05, 0) is 43.8 Å². The zero-order valence-electron chi connectivity index (χ0n) is 17.2. The van der Waals surface area contributed by atoms with Crippen molar-refractivity contribution in [3.8, 4) is 17.2 Å². The average Bonchev–Trinajstić information content (AvgIpc) is 2.79. The summed E-state index contributed by atoms with van der Waals surface area (Å²) in [6.45, 7) is 7.81. The molecule has 6 nitrogen and oxygen atoms in total. The number of benzene rings is 2. The molecule has 1 fully saturated rings. The van der Waals surface area contributed by atoms with E-state index in [0.717, 1.165) is 69.5 Å². The van der Waals surface area contributed by atoms with Crippen LogP contribution in [0, 0.1) is 0 Å². The number of methoxy groups -OCH3 is 1. The number of para-hydroxylation sites is 4. The molecular formula is C23H31N3O3. The number of hydrogen-bond donors (Lipinski definition) is 1. The molecule has 0 aromatic heterocycles. The molecule has 0 aliphatic carbocycles. The van der Waals surface area contributed by atoms with Crippen LogP contribution in [0.2, 0.25) is 0 Å². The van der Waals surface area contributed by atoms with Gasteiger partial charge < -0.3 is 24.4 Å². The predicted octanol–water partition coefficient (Wildman–Crippen LogP) is 2.64. The normalized spacial score (nSPS) is 19.2. The molecule has 2 aliphatic rings. The first-order valence-corrected chi connectivity index (χ1v) is 10.5. The maximum absolute atomic E-state index is 5.99. The Kier molecular flexibility index (Phi) is 6.75. The third kappa shape index (κ3) is 5.14. The van der Waals surface area contributed by atoms with Gasteiger partial charge in [0, 0.05) is 32.7 Å². The zero-order chi connectivity index (χ0) is 19.9. The molecule has 1 saturated heterocycles. The second-order valence-electron chi connectivity index (χ2n) is 7.56. The summed E-state index contributed by atoms with van der Waals surface area (Å²) in [5.41, 5.74) is 1.20. The van der Waals surface area contributed by atoms with Crippen LogP contribution in [-0.4, -0.2) is 70.5 Å². The van der Waals surface area contributed by atoms with Gasteiger partial charge in [0.05, 0.1) is 12.8 Å². The molecule has 0 radical (unpaired) electrons. The van der Waals surface area contributed by atoms with Crippen LogP contribution < -0.4 is 24.4 Å². The fourth-order valence-electron chi connectivity index (χ4n) is 3.96. The molecule has 156 valence electrons. The molecular weight excluding hydrogens is 366 g/mol. The molecule has 0 bridgehead atoms. The molecule has 0 amide bonds. The van der Waals surface area contributed by atoms with Crippen molar-refractivity contribution in [3.63, 3.8) is 0 Å². The highest BCUT2D eigenvalue weighted by Gasteiger charge is 2.21. The molecule has 6 heteroatoms. The second-order valence-corrected chi connectivity index (χ2v) is 7.56. The van der Waals surface area contributed by atoms with Gasteiger partial charge in [0.2, 0.25) is 0 Å². The minimum absolute atomic E-state index is 0.0781. The fourth-order valence-corrected chi connectivity index (χ4v) is 3.96. The lowest BCUT2D eigenvalue weighted by molar-refractivity contribution is 0.0903. The van der Waals surface area contributed by atoms with Crippen molar-refractivity contribution in [1.29, 1.82) is 0 Å². The highest BCUT2D eigenvalue weighted by Crippen LogP contribution is 2.30. The van der Waals surface area contributed by atoms with Gasteiger partial charge in [-0.1, -0.05) is 24.3 Å². The van der Waals surface area contributed by atoms with Crippen LogP contribution in [0.4, 0.5) is 5.69 Å². The number of nitrogens with zero attached hydrogens (tertiary/aromatic N) is 2. The third-order valence-electron chi connectivity index (χ3n) is 5.57. The Labute approximate surface area is 173 Å².